The molecule has 0 aromatic heterocycles. The van der Waals surface area contributed by atoms with Crippen molar-refractivity contribution in [3.05, 3.63) is 29.8 Å². The summed E-state index contributed by atoms with van der Waals surface area (Å²) in [5.74, 6) is 0.730. The molecule has 154 valence electrons. The monoisotopic (exact) mass is 498 g/mol. The third-order valence-electron chi connectivity index (χ3n) is 3.78. The standard InChI is InChI=1S/C18H28F2N4O2.HI/c1-6-22-15(25)18(2,3)12-23-17(21-4)24(5)11-13-7-9-14(10-8-13)26-16(19)20;/h7-10,16H,6,11-12H2,1-5H3,(H,21,23)(H,22,25);1H. The number of aliphatic imine (C=N–C) groups is 1. The molecule has 1 rings (SSSR count). The lowest BCUT2D eigenvalue weighted by Gasteiger charge is -2.28. The van der Waals surface area contributed by atoms with E-state index in [2.05, 4.69) is 20.4 Å². The van der Waals surface area contributed by atoms with Crippen molar-refractivity contribution in [1.29, 1.82) is 0 Å². The van der Waals surface area contributed by atoms with Crippen LogP contribution in [0.1, 0.15) is 26.3 Å². The Morgan fingerprint density at radius 1 is 1.26 bits per heavy atom. The minimum atomic E-state index is -2.83. The Hall–Kier alpha value is -1.65. The molecular weight excluding hydrogens is 469 g/mol. The van der Waals surface area contributed by atoms with Crippen molar-refractivity contribution in [3.8, 4) is 5.75 Å². The maximum atomic E-state index is 12.2. The van der Waals surface area contributed by atoms with Crippen molar-refractivity contribution in [1.82, 2.24) is 15.5 Å². The molecule has 0 spiro atoms. The molecule has 0 aliphatic carbocycles. The zero-order chi connectivity index (χ0) is 19.7. The fraction of sp³-hybridized carbons (Fsp3) is 0.556. The van der Waals surface area contributed by atoms with Crippen molar-refractivity contribution in [2.45, 2.75) is 33.9 Å². The number of amides is 1. The molecule has 1 amide bonds. The number of halogens is 3. The van der Waals surface area contributed by atoms with E-state index >= 15 is 0 Å². The number of nitrogens with one attached hydrogen (secondary N) is 2. The summed E-state index contributed by atoms with van der Waals surface area (Å²) in [6.07, 6.45) is 0. The van der Waals surface area contributed by atoms with Gasteiger partial charge in [0.05, 0.1) is 5.41 Å². The lowest BCUT2D eigenvalue weighted by atomic mass is 9.92. The van der Waals surface area contributed by atoms with Gasteiger partial charge in [0, 0.05) is 33.7 Å². The van der Waals surface area contributed by atoms with E-state index in [4.69, 9.17) is 0 Å². The van der Waals surface area contributed by atoms with Crippen LogP contribution in [0.15, 0.2) is 29.3 Å². The molecule has 1 aromatic rings. The molecule has 0 atom stereocenters. The lowest BCUT2D eigenvalue weighted by molar-refractivity contribution is -0.128. The smallest absolute Gasteiger partial charge is 0.387 e. The summed E-state index contributed by atoms with van der Waals surface area (Å²) in [6, 6.07) is 6.45. The van der Waals surface area contributed by atoms with Gasteiger partial charge in [-0.1, -0.05) is 12.1 Å². The van der Waals surface area contributed by atoms with E-state index in [1.165, 1.54) is 12.1 Å². The Morgan fingerprint density at radius 3 is 2.33 bits per heavy atom. The predicted octanol–water partition coefficient (Wildman–Crippen LogP) is 3.08. The molecule has 0 aliphatic heterocycles. The highest BCUT2D eigenvalue weighted by Gasteiger charge is 2.27. The number of hydrogen-bond donors (Lipinski definition) is 2. The fourth-order valence-electron chi connectivity index (χ4n) is 2.29. The molecular formula is C18H29F2IN4O2. The zero-order valence-corrected chi connectivity index (χ0v) is 18.7. The number of benzene rings is 1. The lowest BCUT2D eigenvalue weighted by Crippen LogP contribution is -2.48. The number of ether oxygens (including phenoxy) is 1. The number of carbonyl (C=O) groups excluding carboxylic acids is 1. The number of hydrogen-bond acceptors (Lipinski definition) is 3. The molecule has 0 aliphatic rings. The van der Waals surface area contributed by atoms with E-state index in [-0.39, 0.29) is 35.6 Å². The molecule has 0 heterocycles. The topological polar surface area (TPSA) is 66.0 Å². The quantitative estimate of drug-likeness (QED) is 0.329. The highest BCUT2D eigenvalue weighted by molar-refractivity contribution is 14.0. The van der Waals surface area contributed by atoms with Crippen molar-refractivity contribution in [3.63, 3.8) is 0 Å². The van der Waals surface area contributed by atoms with Crippen LogP contribution in [0.5, 0.6) is 5.75 Å². The van der Waals surface area contributed by atoms with Crippen molar-refractivity contribution in [2.24, 2.45) is 10.4 Å². The predicted molar refractivity (Wildman–Crippen MR) is 114 cm³/mol. The van der Waals surface area contributed by atoms with Gasteiger partial charge < -0.3 is 20.3 Å². The molecule has 1 aromatic carbocycles. The van der Waals surface area contributed by atoms with Crippen molar-refractivity contribution >= 4 is 35.8 Å². The third-order valence-corrected chi connectivity index (χ3v) is 3.78. The van der Waals surface area contributed by atoms with Crippen molar-refractivity contribution < 1.29 is 18.3 Å². The van der Waals surface area contributed by atoms with Crippen LogP contribution < -0.4 is 15.4 Å². The van der Waals surface area contributed by atoms with Crippen LogP contribution in [0.25, 0.3) is 0 Å². The van der Waals surface area contributed by atoms with Gasteiger partial charge in [-0.25, -0.2) is 0 Å². The molecule has 2 N–H and O–H groups in total. The SMILES string of the molecule is CCNC(=O)C(C)(C)CNC(=NC)N(C)Cc1ccc(OC(F)F)cc1.I. The van der Waals surface area contributed by atoms with Crippen LogP contribution in [0.2, 0.25) is 0 Å². The second-order valence-corrected chi connectivity index (χ2v) is 6.52. The van der Waals surface area contributed by atoms with Gasteiger partial charge in [-0.15, -0.1) is 24.0 Å². The molecule has 0 unspecified atom stereocenters. The molecule has 0 saturated heterocycles. The van der Waals surface area contributed by atoms with Gasteiger partial charge in [-0.05, 0) is 38.5 Å². The number of alkyl halides is 2. The second-order valence-electron chi connectivity index (χ2n) is 6.52. The van der Waals surface area contributed by atoms with Gasteiger partial charge in [0.2, 0.25) is 5.91 Å². The first kappa shape index (κ1) is 25.4. The summed E-state index contributed by atoms with van der Waals surface area (Å²) in [7, 11) is 3.52. The Morgan fingerprint density at radius 2 is 1.85 bits per heavy atom. The van der Waals surface area contributed by atoms with E-state index in [0.717, 1.165) is 5.56 Å². The van der Waals surface area contributed by atoms with Crippen LogP contribution >= 0.6 is 24.0 Å². The summed E-state index contributed by atoms with van der Waals surface area (Å²) in [5, 5.41) is 6.02. The van der Waals surface area contributed by atoms with Gasteiger partial charge >= 0.3 is 6.61 Å². The first-order chi connectivity index (χ1) is 12.2. The Labute approximate surface area is 176 Å². The highest BCUT2D eigenvalue weighted by Crippen LogP contribution is 2.16. The number of rotatable bonds is 8. The van der Waals surface area contributed by atoms with Gasteiger partial charge in [0.1, 0.15) is 5.75 Å². The fourth-order valence-corrected chi connectivity index (χ4v) is 2.29. The van der Waals surface area contributed by atoms with Crippen molar-refractivity contribution in [2.75, 3.05) is 27.2 Å². The first-order valence-corrected chi connectivity index (χ1v) is 8.43. The van der Waals surface area contributed by atoms with E-state index in [1.807, 2.05) is 32.7 Å². The molecule has 0 fully saturated rings. The molecule has 6 nitrogen and oxygen atoms in total. The molecule has 0 saturated carbocycles. The first-order valence-electron chi connectivity index (χ1n) is 8.43. The average molecular weight is 498 g/mol. The Kier molecular flexibility index (Phi) is 11.2. The third kappa shape index (κ3) is 8.72. The zero-order valence-electron chi connectivity index (χ0n) is 16.4. The highest BCUT2D eigenvalue weighted by atomic mass is 127. The van der Waals surface area contributed by atoms with Crippen LogP contribution in [0.3, 0.4) is 0 Å². The minimum Gasteiger partial charge on any atom is -0.435 e. The van der Waals surface area contributed by atoms with E-state index in [1.54, 1.807) is 19.2 Å². The maximum Gasteiger partial charge on any atom is 0.387 e. The summed E-state index contributed by atoms with van der Waals surface area (Å²) in [4.78, 5) is 18.2. The van der Waals surface area contributed by atoms with E-state index < -0.39 is 12.0 Å². The molecule has 0 bridgehead atoms. The normalized spacial score (nSPS) is 11.6. The largest absolute Gasteiger partial charge is 0.435 e. The molecule has 27 heavy (non-hydrogen) atoms. The van der Waals surface area contributed by atoms with E-state index in [9.17, 15) is 13.6 Å². The average Bonchev–Trinajstić information content (AvgIpc) is 2.57. The minimum absolute atomic E-state index is 0. The van der Waals surface area contributed by atoms with Crippen LogP contribution in [0, 0.1) is 5.41 Å². The Bertz CT molecular complexity index is 610. The van der Waals surface area contributed by atoms with Gasteiger partial charge in [-0.2, -0.15) is 8.78 Å². The number of carbonyl (C=O) groups is 1. The van der Waals surface area contributed by atoms with Crippen LogP contribution in [0.4, 0.5) is 8.78 Å². The Balaban J connectivity index is 0.00000676. The van der Waals surface area contributed by atoms with Crippen LogP contribution in [-0.4, -0.2) is 50.6 Å². The molecule has 0 radical (unpaired) electrons. The summed E-state index contributed by atoms with van der Waals surface area (Å²) in [5.41, 5.74) is 0.334. The number of nitrogens with zero attached hydrogens (tertiary/aromatic N) is 2. The van der Waals surface area contributed by atoms with Gasteiger partial charge in [0.25, 0.3) is 0 Å². The number of guanidine groups is 1. The second kappa shape index (κ2) is 11.9. The van der Waals surface area contributed by atoms with Gasteiger partial charge in [-0.3, -0.25) is 9.79 Å². The van der Waals surface area contributed by atoms with E-state index in [0.29, 0.717) is 25.6 Å². The van der Waals surface area contributed by atoms with Gasteiger partial charge in [0.15, 0.2) is 5.96 Å². The summed E-state index contributed by atoms with van der Waals surface area (Å²) < 4.78 is 28.7. The summed E-state index contributed by atoms with van der Waals surface area (Å²) >= 11 is 0. The molecule has 9 heteroatoms. The summed E-state index contributed by atoms with van der Waals surface area (Å²) in [6.45, 7) is 4.31. The van der Waals surface area contributed by atoms with Crippen LogP contribution in [-0.2, 0) is 11.3 Å². The maximum absolute atomic E-state index is 12.2.